The molecule has 0 bridgehead atoms. The summed E-state index contributed by atoms with van der Waals surface area (Å²) in [4.78, 5) is 2.29. The highest BCUT2D eigenvalue weighted by Crippen LogP contribution is 2.03. The van der Waals surface area contributed by atoms with Gasteiger partial charge in [-0.15, -0.1) is 0 Å². The van der Waals surface area contributed by atoms with E-state index < -0.39 is 0 Å². The highest BCUT2D eigenvalue weighted by Gasteiger charge is 2.09. The SMILES string of the molecule is CC[C@H](O)CN1CC=CCC1. The van der Waals surface area contributed by atoms with E-state index in [4.69, 9.17) is 0 Å². The smallest absolute Gasteiger partial charge is 0.0664 e. The predicted octanol–water partition coefficient (Wildman–Crippen LogP) is 1.02. The molecule has 0 aromatic rings. The minimum atomic E-state index is -0.138. The molecule has 1 aliphatic heterocycles. The van der Waals surface area contributed by atoms with Gasteiger partial charge < -0.3 is 5.11 Å². The zero-order chi connectivity index (χ0) is 8.10. The monoisotopic (exact) mass is 155 g/mol. The second-order valence-electron chi connectivity index (χ2n) is 3.08. The van der Waals surface area contributed by atoms with Gasteiger partial charge in [0.1, 0.15) is 0 Å². The Bertz CT molecular complexity index is 134. The Kier molecular flexibility index (Phi) is 3.60. The summed E-state index contributed by atoms with van der Waals surface area (Å²) < 4.78 is 0. The fraction of sp³-hybridized carbons (Fsp3) is 0.778. The van der Waals surface area contributed by atoms with E-state index in [0.29, 0.717) is 0 Å². The lowest BCUT2D eigenvalue weighted by molar-refractivity contribution is 0.114. The van der Waals surface area contributed by atoms with Gasteiger partial charge in [0.05, 0.1) is 6.10 Å². The maximum Gasteiger partial charge on any atom is 0.0664 e. The van der Waals surface area contributed by atoms with Crippen LogP contribution < -0.4 is 0 Å². The number of hydrogen-bond donors (Lipinski definition) is 1. The third-order valence-corrected chi connectivity index (χ3v) is 2.08. The van der Waals surface area contributed by atoms with Crippen LogP contribution in [-0.2, 0) is 0 Å². The van der Waals surface area contributed by atoms with Crippen LogP contribution >= 0.6 is 0 Å². The fourth-order valence-electron chi connectivity index (χ4n) is 1.28. The van der Waals surface area contributed by atoms with E-state index in [2.05, 4.69) is 17.1 Å². The third kappa shape index (κ3) is 3.04. The van der Waals surface area contributed by atoms with Gasteiger partial charge in [-0.25, -0.2) is 0 Å². The van der Waals surface area contributed by atoms with Crippen LogP contribution in [0.2, 0.25) is 0 Å². The second kappa shape index (κ2) is 4.52. The molecule has 0 radical (unpaired) electrons. The van der Waals surface area contributed by atoms with E-state index in [1.165, 1.54) is 0 Å². The largest absolute Gasteiger partial charge is 0.392 e. The van der Waals surface area contributed by atoms with Crippen LogP contribution in [0.15, 0.2) is 12.2 Å². The Balaban J connectivity index is 2.20. The van der Waals surface area contributed by atoms with E-state index >= 15 is 0 Å². The van der Waals surface area contributed by atoms with E-state index in [1.807, 2.05) is 6.92 Å². The first-order chi connectivity index (χ1) is 5.33. The molecular weight excluding hydrogens is 138 g/mol. The quantitative estimate of drug-likeness (QED) is 0.615. The van der Waals surface area contributed by atoms with E-state index in [0.717, 1.165) is 32.5 Å². The molecule has 0 amide bonds. The first-order valence-corrected chi connectivity index (χ1v) is 4.38. The molecule has 1 aliphatic rings. The molecule has 1 atom stereocenters. The Morgan fingerprint density at radius 2 is 2.36 bits per heavy atom. The molecule has 0 saturated carbocycles. The van der Waals surface area contributed by atoms with Crippen LogP contribution in [0.25, 0.3) is 0 Å². The fourth-order valence-corrected chi connectivity index (χ4v) is 1.28. The molecule has 1 heterocycles. The molecule has 11 heavy (non-hydrogen) atoms. The summed E-state index contributed by atoms with van der Waals surface area (Å²) in [6.45, 7) is 4.97. The molecule has 2 heteroatoms. The molecule has 64 valence electrons. The standard InChI is InChI=1S/C9H17NO/c1-2-9(11)8-10-6-4-3-5-7-10/h3-4,9,11H,2,5-8H2,1H3/t9-/m0/s1. The van der Waals surface area contributed by atoms with Gasteiger partial charge in [0, 0.05) is 19.6 Å². The zero-order valence-electron chi connectivity index (χ0n) is 7.16. The van der Waals surface area contributed by atoms with Gasteiger partial charge in [-0.1, -0.05) is 19.1 Å². The molecule has 0 aliphatic carbocycles. The van der Waals surface area contributed by atoms with E-state index in [1.54, 1.807) is 0 Å². The van der Waals surface area contributed by atoms with Crippen molar-refractivity contribution < 1.29 is 5.11 Å². The number of nitrogens with zero attached hydrogens (tertiary/aromatic N) is 1. The molecule has 1 rings (SSSR count). The van der Waals surface area contributed by atoms with Crippen LogP contribution in [0.4, 0.5) is 0 Å². The van der Waals surface area contributed by atoms with Crippen molar-refractivity contribution in [2.24, 2.45) is 0 Å². The van der Waals surface area contributed by atoms with Crippen molar-refractivity contribution in [1.29, 1.82) is 0 Å². The zero-order valence-corrected chi connectivity index (χ0v) is 7.16. The number of aliphatic hydroxyl groups excluding tert-OH is 1. The molecule has 0 saturated heterocycles. The summed E-state index contributed by atoms with van der Waals surface area (Å²) in [6, 6.07) is 0. The summed E-state index contributed by atoms with van der Waals surface area (Å²) in [6.07, 6.45) is 6.23. The van der Waals surface area contributed by atoms with Gasteiger partial charge >= 0.3 is 0 Å². The van der Waals surface area contributed by atoms with Crippen LogP contribution in [0, 0.1) is 0 Å². The third-order valence-electron chi connectivity index (χ3n) is 2.08. The summed E-state index contributed by atoms with van der Waals surface area (Å²) >= 11 is 0. The maximum absolute atomic E-state index is 9.34. The van der Waals surface area contributed by atoms with E-state index in [9.17, 15) is 5.11 Å². The second-order valence-corrected chi connectivity index (χ2v) is 3.08. The Morgan fingerprint density at radius 3 is 2.91 bits per heavy atom. The molecule has 1 N–H and O–H groups in total. The minimum Gasteiger partial charge on any atom is -0.392 e. The summed E-state index contributed by atoms with van der Waals surface area (Å²) in [5.41, 5.74) is 0. The maximum atomic E-state index is 9.34. The minimum absolute atomic E-state index is 0.138. The lowest BCUT2D eigenvalue weighted by atomic mass is 10.2. The first-order valence-electron chi connectivity index (χ1n) is 4.38. The highest BCUT2D eigenvalue weighted by molar-refractivity contribution is 4.91. The van der Waals surface area contributed by atoms with Crippen LogP contribution in [0.3, 0.4) is 0 Å². The molecule has 0 aromatic heterocycles. The average Bonchev–Trinajstić information content (AvgIpc) is 2.06. The topological polar surface area (TPSA) is 23.5 Å². The Hall–Kier alpha value is -0.340. The van der Waals surface area contributed by atoms with Gasteiger partial charge in [0.15, 0.2) is 0 Å². The van der Waals surface area contributed by atoms with Gasteiger partial charge in [-0.2, -0.15) is 0 Å². The van der Waals surface area contributed by atoms with Crippen LogP contribution in [0.1, 0.15) is 19.8 Å². The van der Waals surface area contributed by atoms with Crippen molar-refractivity contribution in [2.75, 3.05) is 19.6 Å². The molecule has 0 aromatic carbocycles. The van der Waals surface area contributed by atoms with Gasteiger partial charge in [-0.05, 0) is 12.8 Å². The van der Waals surface area contributed by atoms with Crippen molar-refractivity contribution in [3.63, 3.8) is 0 Å². The van der Waals surface area contributed by atoms with Crippen LogP contribution in [-0.4, -0.2) is 35.7 Å². The highest BCUT2D eigenvalue weighted by atomic mass is 16.3. The lowest BCUT2D eigenvalue weighted by Gasteiger charge is -2.24. The number of rotatable bonds is 3. The summed E-state index contributed by atoms with van der Waals surface area (Å²) in [5, 5.41) is 9.34. The van der Waals surface area contributed by atoms with Crippen molar-refractivity contribution in [3.8, 4) is 0 Å². The van der Waals surface area contributed by atoms with Gasteiger partial charge in [0.2, 0.25) is 0 Å². The van der Waals surface area contributed by atoms with Crippen molar-refractivity contribution in [2.45, 2.75) is 25.9 Å². The number of aliphatic hydroxyl groups is 1. The molecule has 0 fully saturated rings. The van der Waals surface area contributed by atoms with E-state index in [-0.39, 0.29) is 6.10 Å². The van der Waals surface area contributed by atoms with Crippen LogP contribution in [0.5, 0.6) is 0 Å². The lowest BCUT2D eigenvalue weighted by Crippen LogP contribution is -2.34. The molecular formula is C9H17NO. The number of hydrogen-bond acceptors (Lipinski definition) is 2. The van der Waals surface area contributed by atoms with Crippen molar-refractivity contribution in [3.05, 3.63) is 12.2 Å². The molecule has 0 unspecified atom stereocenters. The average molecular weight is 155 g/mol. The molecule has 2 nitrogen and oxygen atoms in total. The van der Waals surface area contributed by atoms with Gasteiger partial charge in [0.25, 0.3) is 0 Å². The summed E-state index contributed by atoms with van der Waals surface area (Å²) in [5.74, 6) is 0. The number of β-amino-alcohol motifs (C(OH)–C–C–N with tert-alkyl or cyclic N) is 1. The Labute approximate surface area is 68.5 Å². The normalized spacial score (nSPS) is 22.0. The predicted molar refractivity (Wildman–Crippen MR) is 46.5 cm³/mol. The van der Waals surface area contributed by atoms with Crippen molar-refractivity contribution >= 4 is 0 Å². The van der Waals surface area contributed by atoms with Crippen molar-refractivity contribution in [1.82, 2.24) is 4.90 Å². The van der Waals surface area contributed by atoms with Gasteiger partial charge in [-0.3, -0.25) is 4.90 Å². The first kappa shape index (κ1) is 8.75. The molecule has 0 spiro atoms. The summed E-state index contributed by atoms with van der Waals surface area (Å²) in [7, 11) is 0. The Morgan fingerprint density at radius 1 is 1.55 bits per heavy atom.